The number of nitrogens with zero attached hydrogens (tertiary/aromatic N) is 4. The average Bonchev–Trinajstić information content (AvgIpc) is 3.24. The van der Waals surface area contributed by atoms with E-state index in [1.165, 1.54) is 24.3 Å². The van der Waals surface area contributed by atoms with Crippen LogP contribution in [0.2, 0.25) is 0 Å². The molecule has 0 spiro atoms. The van der Waals surface area contributed by atoms with Gasteiger partial charge in [0.15, 0.2) is 5.96 Å². The summed E-state index contributed by atoms with van der Waals surface area (Å²) in [6, 6.07) is 8.99. The van der Waals surface area contributed by atoms with E-state index in [0.29, 0.717) is 18.5 Å². The Balaban J connectivity index is 0.00000320. The predicted molar refractivity (Wildman–Crippen MR) is 139 cm³/mol. The molecule has 3 heterocycles. The van der Waals surface area contributed by atoms with Crippen LogP contribution in [0.1, 0.15) is 36.2 Å². The number of pyridine rings is 1. The molecular weight excluding hydrogens is 507 g/mol. The van der Waals surface area contributed by atoms with Crippen molar-refractivity contribution in [3.05, 3.63) is 46.3 Å². The van der Waals surface area contributed by atoms with Crippen molar-refractivity contribution in [1.82, 2.24) is 20.5 Å². The van der Waals surface area contributed by atoms with Crippen LogP contribution in [0, 0.1) is 5.92 Å². The van der Waals surface area contributed by atoms with Crippen LogP contribution in [-0.2, 0) is 6.54 Å². The molecule has 166 valence electrons. The van der Waals surface area contributed by atoms with Crippen molar-refractivity contribution in [2.45, 2.75) is 32.4 Å². The monoisotopic (exact) mass is 542 g/mol. The number of guanidine groups is 1. The van der Waals surface area contributed by atoms with Crippen LogP contribution in [0.5, 0.6) is 0 Å². The summed E-state index contributed by atoms with van der Waals surface area (Å²) in [4.78, 5) is 15.3. The zero-order chi connectivity index (χ0) is 20.6. The maximum Gasteiger partial charge on any atom is 0.191 e. The van der Waals surface area contributed by atoms with E-state index in [1.54, 1.807) is 0 Å². The second-order valence-corrected chi connectivity index (χ2v) is 8.78. The van der Waals surface area contributed by atoms with E-state index in [0.717, 1.165) is 30.4 Å². The summed E-state index contributed by atoms with van der Waals surface area (Å²) in [5.41, 5.74) is 1.13. The summed E-state index contributed by atoms with van der Waals surface area (Å²) >= 11 is 1.87. The fourth-order valence-electron chi connectivity index (χ4n) is 4.07. The first-order chi connectivity index (χ1) is 14.1. The third kappa shape index (κ3) is 6.55. The molecule has 2 aromatic rings. The highest BCUT2D eigenvalue weighted by molar-refractivity contribution is 14.0. The van der Waals surface area contributed by atoms with E-state index in [-0.39, 0.29) is 24.0 Å². The topological polar surface area (TPSA) is 55.8 Å². The smallest absolute Gasteiger partial charge is 0.191 e. The van der Waals surface area contributed by atoms with Gasteiger partial charge in [0, 0.05) is 49.9 Å². The van der Waals surface area contributed by atoms with Crippen LogP contribution in [-0.4, -0.2) is 56.6 Å². The van der Waals surface area contributed by atoms with Gasteiger partial charge in [-0.15, -0.1) is 35.3 Å². The Morgan fingerprint density at radius 1 is 1.30 bits per heavy atom. The fraction of sp³-hybridized carbons (Fsp3) is 0.545. The first kappa shape index (κ1) is 24.9. The molecule has 3 rings (SSSR count). The Bertz CT molecular complexity index is 780. The van der Waals surface area contributed by atoms with Crippen LogP contribution in [0.4, 0.5) is 5.82 Å². The Hall–Kier alpha value is -1.39. The number of nitrogens with one attached hydrogen (secondary N) is 2. The number of aromatic nitrogens is 1. The van der Waals surface area contributed by atoms with Gasteiger partial charge >= 0.3 is 0 Å². The number of hydrogen-bond donors (Lipinski definition) is 2. The summed E-state index contributed by atoms with van der Waals surface area (Å²) in [5.74, 6) is 2.42. The van der Waals surface area contributed by atoms with Crippen LogP contribution in [0.25, 0.3) is 0 Å². The number of aliphatic imine (C=N–C) groups is 1. The molecule has 2 unspecified atom stereocenters. The van der Waals surface area contributed by atoms with Crippen molar-refractivity contribution in [3.8, 4) is 0 Å². The molecule has 0 aromatic carbocycles. The summed E-state index contributed by atoms with van der Waals surface area (Å²) in [6.45, 7) is 5.65. The molecule has 30 heavy (non-hydrogen) atoms. The Kier molecular flexibility index (Phi) is 10.3. The third-order valence-electron chi connectivity index (χ3n) is 5.42. The van der Waals surface area contributed by atoms with Gasteiger partial charge in [-0.1, -0.05) is 12.1 Å². The fourth-order valence-corrected chi connectivity index (χ4v) is 5.06. The molecule has 1 saturated heterocycles. The van der Waals surface area contributed by atoms with E-state index in [1.807, 2.05) is 42.6 Å². The number of halogens is 1. The van der Waals surface area contributed by atoms with E-state index in [4.69, 9.17) is 4.99 Å². The minimum atomic E-state index is 0. The largest absolute Gasteiger partial charge is 0.362 e. The lowest BCUT2D eigenvalue weighted by Gasteiger charge is -2.39. The molecule has 0 radical (unpaired) electrons. The highest BCUT2D eigenvalue weighted by atomic mass is 127. The summed E-state index contributed by atoms with van der Waals surface area (Å²) in [7, 11) is 6.29. The minimum absolute atomic E-state index is 0. The number of likely N-dealkylation sites (tertiary alicyclic amines) is 1. The molecule has 2 atom stereocenters. The van der Waals surface area contributed by atoms with E-state index >= 15 is 0 Å². The number of rotatable bonds is 7. The van der Waals surface area contributed by atoms with E-state index < -0.39 is 0 Å². The van der Waals surface area contributed by atoms with E-state index in [9.17, 15) is 0 Å². The third-order valence-corrected chi connectivity index (χ3v) is 6.36. The van der Waals surface area contributed by atoms with Gasteiger partial charge in [-0.2, -0.15) is 0 Å². The summed E-state index contributed by atoms with van der Waals surface area (Å²) < 4.78 is 0. The zero-order valence-electron chi connectivity index (χ0n) is 18.5. The number of thiophene rings is 1. The molecule has 2 N–H and O–H groups in total. The van der Waals surface area contributed by atoms with Crippen molar-refractivity contribution in [2.75, 3.05) is 45.7 Å². The highest BCUT2D eigenvalue weighted by Gasteiger charge is 2.31. The van der Waals surface area contributed by atoms with Gasteiger partial charge < -0.3 is 15.5 Å². The maximum atomic E-state index is 4.83. The molecular formula is C22H35IN6S. The summed E-state index contributed by atoms with van der Waals surface area (Å²) in [5, 5.41) is 9.19. The predicted octanol–water partition coefficient (Wildman–Crippen LogP) is 3.97. The molecule has 6 nitrogen and oxygen atoms in total. The molecule has 1 aliphatic heterocycles. The van der Waals surface area contributed by atoms with Gasteiger partial charge in [-0.3, -0.25) is 4.90 Å². The zero-order valence-corrected chi connectivity index (χ0v) is 21.6. The molecule has 0 bridgehead atoms. The average molecular weight is 543 g/mol. The molecule has 8 heteroatoms. The molecule has 0 aliphatic carbocycles. The van der Waals surface area contributed by atoms with Crippen molar-refractivity contribution >= 4 is 47.1 Å². The first-order valence-corrected chi connectivity index (χ1v) is 11.3. The SMILES string of the molecule is CCNC(=NCc1cccnc1N(C)C)NCC1CCCN(C)C1c1cccs1.I. The van der Waals surface area contributed by atoms with Crippen LogP contribution < -0.4 is 15.5 Å². The van der Waals surface area contributed by atoms with Crippen molar-refractivity contribution in [3.63, 3.8) is 0 Å². The van der Waals surface area contributed by atoms with Crippen LogP contribution in [0.15, 0.2) is 40.8 Å². The lowest BCUT2D eigenvalue weighted by Crippen LogP contribution is -2.44. The number of anilines is 1. The molecule has 2 aromatic heterocycles. The van der Waals surface area contributed by atoms with Crippen molar-refractivity contribution in [2.24, 2.45) is 10.9 Å². The van der Waals surface area contributed by atoms with Gasteiger partial charge in [0.1, 0.15) is 5.82 Å². The number of hydrogen-bond acceptors (Lipinski definition) is 5. The lowest BCUT2D eigenvalue weighted by molar-refractivity contribution is 0.125. The Morgan fingerprint density at radius 3 is 2.83 bits per heavy atom. The Morgan fingerprint density at radius 2 is 2.13 bits per heavy atom. The quantitative estimate of drug-likeness (QED) is 0.315. The van der Waals surface area contributed by atoms with Gasteiger partial charge in [-0.05, 0) is 56.8 Å². The standard InChI is InChI=1S/C22H34N6S.HI/c1-5-23-22(26-16-18-9-6-12-24-21(18)27(2)3)25-15-17-10-7-13-28(4)20(17)19-11-8-14-29-19;/h6,8-9,11-12,14,17,20H,5,7,10,13,15-16H2,1-4H3,(H2,23,25,26);1H. The van der Waals surface area contributed by atoms with Crippen molar-refractivity contribution in [1.29, 1.82) is 0 Å². The molecule has 1 aliphatic rings. The molecule has 0 saturated carbocycles. The van der Waals surface area contributed by atoms with Gasteiger partial charge in [0.05, 0.1) is 6.54 Å². The maximum absolute atomic E-state index is 4.83. The molecule has 1 fully saturated rings. The minimum Gasteiger partial charge on any atom is -0.362 e. The van der Waals surface area contributed by atoms with Crippen LogP contribution in [0.3, 0.4) is 0 Å². The second-order valence-electron chi connectivity index (χ2n) is 7.80. The van der Waals surface area contributed by atoms with Gasteiger partial charge in [-0.25, -0.2) is 9.98 Å². The molecule has 0 amide bonds. The second kappa shape index (κ2) is 12.5. The highest BCUT2D eigenvalue weighted by Crippen LogP contribution is 2.36. The Labute approximate surface area is 202 Å². The number of piperidine rings is 1. The van der Waals surface area contributed by atoms with Crippen LogP contribution >= 0.6 is 35.3 Å². The summed E-state index contributed by atoms with van der Waals surface area (Å²) in [6.07, 6.45) is 4.32. The normalized spacial score (nSPS) is 19.8. The first-order valence-electron chi connectivity index (χ1n) is 10.5. The van der Waals surface area contributed by atoms with Gasteiger partial charge in [0.2, 0.25) is 0 Å². The van der Waals surface area contributed by atoms with Crippen molar-refractivity contribution < 1.29 is 0 Å². The van der Waals surface area contributed by atoms with Gasteiger partial charge in [0.25, 0.3) is 0 Å². The van der Waals surface area contributed by atoms with E-state index in [2.05, 4.69) is 58.1 Å². The lowest BCUT2D eigenvalue weighted by atomic mass is 9.88.